The normalized spacial score (nSPS) is 10.5. The molecule has 7 heteroatoms. The highest BCUT2D eigenvalue weighted by molar-refractivity contribution is 6.42. The minimum absolute atomic E-state index is 0.0814. The number of H-pyrrole nitrogens is 1. The fourth-order valence-corrected chi connectivity index (χ4v) is 1.82. The van der Waals surface area contributed by atoms with Crippen molar-refractivity contribution in [2.24, 2.45) is 0 Å². The Morgan fingerprint density at radius 2 is 2.05 bits per heavy atom. The summed E-state index contributed by atoms with van der Waals surface area (Å²) in [5.74, 6) is -0.585. The lowest BCUT2D eigenvalue weighted by atomic mass is 10.3. The molecule has 0 bridgehead atoms. The molecule has 0 unspecified atom stereocenters. The topological polar surface area (TPSA) is 64.1 Å². The molecule has 0 atom stereocenters. The zero-order chi connectivity index (χ0) is 14.0. The Morgan fingerprint density at radius 1 is 1.32 bits per heavy atom. The molecule has 1 heterocycles. The van der Waals surface area contributed by atoms with Crippen LogP contribution in [0.25, 0.3) is 5.69 Å². The van der Waals surface area contributed by atoms with Crippen LogP contribution in [-0.2, 0) is 4.74 Å². The smallest absolute Gasteiger partial charge is 0.356 e. The second kappa shape index (κ2) is 5.50. The Balaban J connectivity index is 2.43. The molecule has 19 heavy (non-hydrogen) atoms. The second-order valence-electron chi connectivity index (χ2n) is 3.66. The number of aromatic amines is 1. The SMILES string of the molecule is CCOC(=O)c1cc(=O)n(-c2ccc(Cl)c(Cl)c2)[nH]1. The van der Waals surface area contributed by atoms with E-state index in [9.17, 15) is 9.59 Å². The highest BCUT2D eigenvalue weighted by Gasteiger charge is 2.13. The maximum atomic E-state index is 11.8. The summed E-state index contributed by atoms with van der Waals surface area (Å²) in [4.78, 5) is 23.3. The molecule has 1 aromatic heterocycles. The molecule has 0 saturated heterocycles. The van der Waals surface area contributed by atoms with E-state index in [2.05, 4.69) is 5.10 Å². The summed E-state index contributed by atoms with van der Waals surface area (Å²) in [7, 11) is 0. The van der Waals surface area contributed by atoms with E-state index in [4.69, 9.17) is 27.9 Å². The van der Waals surface area contributed by atoms with Gasteiger partial charge in [0.2, 0.25) is 0 Å². The minimum Gasteiger partial charge on any atom is -0.461 e. The summed E-state index contributed by atoms with van der Waals surface area (Å²) in [5, 5.41) is 3.36. The number of ether oxygens (including phenoxy) is 1. The first-order chi connectivity index (χ1) is 9.02. The number of carbonyl (C=O) groups is 1. The zero-order valence-corrected chi connectivity index (χ0v) is 11.5. The number of esters is 1. The summed E-state index contributed by atoms with van der Waals surface area (Å²) in [5.41, 5.74) is 0.175. The Labute approximate surface area is 118 Å². The number of rotatable bonds is 3. The van der Waals surface area contributed by atoms with Gasteiger partial charge in [0.15, 0.2) is 0 Å². The lowest BCUT2D eigenvalue weighted by molar-refractivity contribution is 0.0519. The van der Waals surface area contributed by atoms with Crippen molar-refractivity contribution in [2.75, 3.05) is 6.61 Å². The second-order valence-corrected chi connectivity index (χ2v) is 4.48. The van der Waals surface area contributed by atoms with E-state index in [-0.39, 0.29) is 17.9 Å². The van der Waals surface area contributed by atoms with E-state index in [1.54, 1.807) is 19.1 Å². The van der Waals surface area contributed by atoms with Gasteiger partial charge in [-0.3, -0.25) is 9.89 Å². The first kappa shape index (κ1) is 13.7. The predicted molar refractivity (Wildman–Crippen MR) is 72.4 cm³/mol. The molecule has 0 amide bonds. The van der Waals surface area contributed by atoms with E-state index in [0.29, 0.717) is 15.7 Å². The van der Waals surface area contributed by atoms with Crippen molar-refractivity contribution in [3.8, 4) is 5.69 Å². The highest BCUT2D eigenvalue weighted by atomic mass is 35.5. The standard InChI is InChI=1S/C12H10Cl2N2O3/c1-2-19-12(18)10-6-11(17)16(15-10)7-3-4-8(13)9(14)5-7/h3-6,15H,2H2,1H3. The molecule has 0 aliphatic heterocycles. The van der Waals surface area contributed by atoms with Crippen LogP contribution in [0.4, 0.5) is 0 Å². The van der Waals surface area contributed by atoms with Gasteiger partial charge in [0.05, 0.1) is 22.3 Å². The molecule has 0 aliphatic carbocycles. The monoisotopic (exact) mass is 300 g/mol. The molecule has 0 fully saturated rings. The lowest BCUT2D eigenvalue weighted by Gasteiger charge is -2.03. The van der Waals surface area contributed by atoms with E-state index < -0.39 is 5.97 Å². The van der Waals surface area contributed by atoms with E-state index >= 15 is 0 Å². The molecular formula is C12H10Cl2N2O3. The highest BCUT2D eigenvalue weighted by Crippen LogP contribution is 2.23. The molecule has 0 radical (unpaired) electrons. The van der Waals surface area contributed by atoms with Crippen LogP contribution in [0.5, 0.6) is 0 Å². The Hall–Kier alpha value is -1.72. The quantitative estimate of drug-likeness (QED) is 0.886. The van der Waals surface area contributed by atoms with Gasteiger partial charge in [0.25, 0.3) is 5.56 Å². The van der Waals surface area contributed by atoms with Gasteiger partial charge in [-0.2, -0.15) is 0 Å². The number of halogens is 2. The molecule has 2 rings (SSSR count). The van der Waals surface area contributed by atoms with E-state index in [1.165, 1.54) is 16.8 Å². The van der Waals surface area contributed by atoms with Crippen LogP contribution in [0.2, 0.25) is 10.0 Å². The van der Waals surface area contributed by atoms with Gasteiger partial charge in [-0.1, -0.05) is 23.2 Å². The third-order valence-electron chi connectivity index (χ3n) is 2.38. The summed E-state index contributed by atoms with van der Waals surface area (Å²) in [6.45, 7) is 1.92. The lowest BCUT2D eigenvalue weighted by Crippen LogP contribution is -2.13. The molecule has 100 valence electrons. The number of hydrogen-bond donors (Lipinski definition) is 1. The van der Waals surface area contributed by atoms with Gasteiger partial charge in [-0.05, 0) is 25.1 Å². The number of nitrogens with one attached hydrogen (secondary N) is 1. The van der Waals surface area contributed by atoms with Crippen LogP contribution in [0.15, 0.2) is 29.1 Å². The van der Waals surface area contributed by atoms with Crippen molar-refractivity contribution in [3.05, 3.63) is 50.4 Å². The predicted octanol–water partition coefficient (Wildman–Crippen LogP) is 2.65. The van der Waals surface area contributed by atoms with Gasteiger partial charge < -0.3 is 4.74 Å². The average molecular weight is 301 g/mol. The van der Waals surface area contributed by atoms with Gasteiger partial charge in [-0.25, -0.2) is 9.48 Å². The number of benzene rings is 1. The van der Waals surface area contributed by atoms with Gasteiger partial charge in [0.1, 0.15) is 5.69 Å². The number of hydrogen-bond acceptors (Lipinski definition) is 3. The van der Waals surface area contributed by atoms with Gasteiger partial charge in [0, 0.05) is 6.07 Å². The third kappa shape index (κ3) is 2.83. The van der Waals surface area contributed by atoms with Crippen molar-refractivity contribution in [3.63, 3.8) is 0 Å². The molecule has 1 aromatic carbocycles. The van der Waals surface area contributed by atoms with Crippen LogP contribution in [0.3, 0.4) is 0 Å². The molecular weight excluding hydrogens is 291 g/mol. The molecule has 1 N–H and O–H groups in total. The molecule has 0 saturated carbocycles. The third-order valence-corrected chi connectivity index (χ3v) is 3.12. The summed E-state index contributed by atoms with van der Waals surface area (Å²) >= 11 is 11.7. The van der Waals surface area contributed by atoms with Crippen molar-refractivity contribution >= 4 is 29.2 Å². The van der Waals surface area contributed by atoms with Crippen molar-refractivity contribution in [2.45, 2.75) is 6.92 Å². The van der Waals surface area contributed by atoms with Crippen molar-refractivity contribution < 1.29 is 9.53 Å². The minimum atomic E-state index is -0.585. The van der Waals surface area contributed by atoms with Gasteiger partial charge >= 0.3 is 5.97 Å². The van der Waals surface area contributed by atoms with Crippen LogP contribution in [0.1, 0.15) is 17.4 Å². The number of nitrogens with zero attached hydrogens (tertiary/aromatic N) is 1. The summed E-state index contributed by atoms with van der Waals surface area (Å²) in [6.07, 6.45) is 0. The molecule has 2 aromatic rings. The molecule has 5 nitrogen and oxygen atoms in total. The Morgan fingerprint density at radius 3 is 2.68 bits per heavy atom. The first-order valence-electron chi connectivity index (χ1n) is 5.47. The van der Waals surface area contributed by atoms with Crippen LogP contribution < -0.4 is 5.56 Å². The van der Waals surface area contributed by atoms with Crippen LogP contribution in [-0.4, -0.2) is 22.4 Å². The fraction of sp³-hybridized carbons (Fsp3) is 0.167. The molecule has 0 spiro atoms. The number of aromatic nitrogens is 2. The first-order valence-corrected chi connectivity index (χ1v) is 6.23. The number of carbonyl (C=O) groups excluding carboxylic acids is 1. The largest absolute Gasteiger partial charge is 0.461 e. The van der Waals surface area contributed by atoms with E-state index in [1.807, 2.05) is 0 Å². The van der Waals surface area contributed by atoms with Crippen molar-refractivity contribution in [1.82, 2.24) is 9.78 Å². The Kier molecular flexibility index (Phi) is 3.97. The fourth-order valence-electron chi connectivity index (χ4n) is 1.53. The molecule has 0 aliphatic rings. The average Bonchev–Trinajstić information content (AvgIpc) is 2.75. The summed E-state index contributed by atoms with van der Waals surface area (Å²) in [6, 6.07) is 5.87. The van der Waals surface area contributed by atoms with Crippen LogP contribution in [0, 0.1) is 0 Å². The zero-order valence-electron chi connectivity index (χ0n) is 9.94. The maximum absolute atomic E-state index is 11.8. The Bertz CT molecular complexity index is 676. The maximum Gasteiger partial charge on any atom is 0.356 e. The summed E-state index contributed by atoms with van der Waals surface area (Å²) < 4.78 is 5.99. The van der Waals surface area contributed by atoms with Gasteiger partial charge in [-0.15, -0.1) is 0 Å². The van der Waals surface area contributed by atoms with E-state index in [0.717, 1.165) is 0 Å². The van der Waals surface area contributed by atoms with Crippen LogP contribution >= 0.6 is 23.2 Å². The van der Waals surface area contributed by atoms with Crippen molar-refractivity contribution in [1.29, 1.82) is 0 Å².